The number of ether oxygens (including phenoxy) is 1. The fraction of sp³-hybridized carbons (Fsp3) is 0.263. The fourth-order valence-corrected chi connectivity index (χ4v) is 2.68. The van der Waals surface area contributed by atoms with E-state index in [4.69, 9.17) is 4.74 Å². The van der Waals surface area contributed by atoms with Gasteiger partial charge in [-0.25, -0.2) is 0 Å². The molecule has 0 N–H and O–H groups in total. The maximum Gasteiger partial charge on any atom is 0.0765 e. The van der Waals surface area contributed by atoms with E-state index in [1.165, 1.54) is 29.5 Å². The summed E-state index contributed by atoms with van der Waals surface area (Å²) in [6.07, 6.45) is 6.13. The summed E-state index contributed by atoms with van der Waals surface area (Å²) >= 11 is 0. The molecule has 1 saturated heterocycles. The first-order valence-electron chi connectivity index (χ1n) is 7.38. The van der Waals surface area contributed by atoms with E-state index in [0.29, 0.717) is 0 Å². The van der Waals surface area contributed by atoms with Gasteiger partial charge in [-0.05, 0) is 42.0 Å². The molecule has 1 fully saturated rings. The van der Waals surface area contributed by atoms with Crippen molar-refractivity contribution in [2.75, 3.05) is 6.61 Å². The number of rotatable bonds is 3. The molecule has 1 aliphatic rings. The zero-order valence-corrected chi connectivity index (χ0v) is 11.7. The molecule has 1 heteroatoms. The normalized spacial score (nSPS) is 18.5. The largest absolute Gasteiger partial charge is 0.374 e. The van der Waals surface area contributed by atoms with Crippen molar-refractivity contribution in [1.82, 2.24) is 0 Å². The fourth-order valence-electron chi connectivity index (χ4n) is 2.68. The molecule has 20 heavy (non-hydrogen) atoms. The molecule has 2 aromatic carbocycles. The van der Waals surface area contributed by atoms with E-state index in [1.54, 1.807) is 0 Å². The van der Waals surface area contributed by atoms with Crippen LogP contribution in [0.3, 0.4) is 0 Å². The molecule has 1 nitrogen and oxygen atoms in total. The standard InChI is InChI=1S/C19H20O/c1-3-9-16(10-4-1)19(17-11-5-2-6-12-17)15-18-13-7-8-14-20-18/h1-6,9-12,15,18H,7-8,13-14H2. The quantitative estimate of drug-likeness (QED) is 0.781. The summed E-state index contributed by atoms with van der Waals surface area (Å²) in [6, 6.07) is 21.2. The van der Waals surface area contributed by atoms with Gasteiger partial charge in [0, 0.05) is 6.61 Å². The second-order valence-corrected chi connectivity index (χ2v) is 5.22. The molecule has 102 valence electrons. The highest BCUT2D eigenvalue weighted by Crippen LogP contribution is 2.26. The van der Waals surface area contributed by atoms with Gasteiger partial charge in [-0.2, -0.15) is 0 Å². The van der Waals surface area contributed by atoms with Crippen molar-refractivity contribution in [1.29, 1.82) is 0 Å². The lowest BCUT2D eigenvalue weighted by Crippen LogP contribution is -2.17. The van der Waals surface area contributed by atoms with Gasteiger partial charge in [-0.3, -0.25) is 0 Å². The zero-order valence-electron chi connectivity index (χ0n) is 11.7. The predicted octanol–water partition coefficient (Wildman–Crippen LogP) is 4.69. The highest BCUT2D eigenvalue weighted by molar-refractivity contribution is 5.80. The summed E-state index contributed by atoms with van der Waals surface area (Å²) in [6.45, 7) is 0.887. The molecular formula is C19H20O. The van der Waals surface area contributed by atoms with E-state index in [2.05, 4.69) is 66.7 Å². The van der Waals surface area contributed by atoms with E-state index < -0.39 is 0 Å². The van der Waals surface area contributed by atoms with Crippen LogP contribution >= 0.6 is 0 Å². The van der Waals surface area contributed by atoms with Gasteiger partial charge in [0.15, 0.2) is 0 Å². The lowest BCUT2D eigenvalue weighted by atomic mass is 9.95. The monoisotopic (exact) mass is 264 g/mol. The van der Waals surface area contributed by atoms with Crippen LogP contribution in [-0.4, -0.2) is 12.7 Å². The van der Waals surface area contributed by atoms with Gasteiger partial charge in [0.1, 0.15) is 0 Å². The van der Waals surface area contributed by atoms with Gasteiger partial charge in [0.25, 0.3) is 0 Å². The topological polar surface area (TPSA) is 9.23 Å². The minimum atomic E-state index is 0.249. The molecule has 0 saturated carbocycles. The van der Waals surface area contributed by atoms with Crippen LogP contribution in [0.5, 0.6) is 0 Å². The van der Waals surface area contributed by atoms with Crippen LogP contribution in [-0.2, 0) is 4.74 Å². The summed E-state index contributed by atoms with van der Waals surface area (Å²) < 4.78 is 5.88. The summed E-state index contributed by atoms with van der Waals surface area (Å²) in [4.78, 5) is 0. The van der Waals surface area contributed by atoms with Gasteiger partial charge in [-0.1, -0.05) is 60.7 Å². The molecule has 0 bridgehead atoms. The maximum atomic E-state index is 5.88. The van der Waals surface area contributed by atoms with Crippen molar-refractivity contribution in [3.05, 3.63) is 77.9 Å². The number of benzene rings is 2. The van der Waals surface area contributed by atoms with Crippen molar-refractivity contribution in [2.24, 2.45) is 0 Å². The van der Waals surface area contributed by atoms with Crippen LogP contribution in [0, 0.1) is 0 Å². The zero-order chi connectivity index (χ0) is 13.6. The Morgan fingerprint density at radius 3 is 1.95 bits per heavy atom. The van der Waals surface area contributed by atoms with E-state index in [1.807, 2.05) is 0 Å². The molecule has 0 radical (unpaired) electrons. The Labute approximate surface area is 120 Å². The van der Waals surface area contributed by atoms with E-state index in [0.717, 1.165) is 13.0 Å². The average Bonchev–Trinajstić information content (AvgIpc) is 2.55. The first kappa shape index (κ1) is 13.1. The Balaban J connectivity index is 1.97. The molecule has 0 spiro atoms. The van der Waals surface area contributed by atoms with Gasteiger partial charge < -0.3 is 4.74 Å². The first-order chi connectivity index (χ1) is 9.93. The Bertz CT molecular complexity index is 509. The van der Waals surface area contributed by atoms with Crippen LogP contribution in [0.1, 0.15) is 30.4 Å². The molecule has 2 aromatic rings. The third kappa shape index (κ3) is 3.17. The van der Waals surface area contributed by atoms with E-state index >= 15 is 0 Å². The minimum absolute atomic E-state index is 0.249. The molecule has 1 aliphatic heterocycles. The third-order valence-electron chi connectivity index (χ3n) is 3.74. The van der Waals surface area contributed by atoms with Crippen LogP contribution in [0.25, 0.3) is 5.57 Å². The van der Waals surface area contributed by atoms with Gasteiger partial charge in [-0.15, -0.1) is 0 Å². The van der Waals surface area contributed by atoms with Crippen LogP contribution in [0.2, 0.25) is 0 Å². The average molecular weight is 264 g/mol. The minimum Gasteiger partial charge on any atom is -0.374 e. The summed E-state index contributed by atoms with van der Waals surface area (Å²) in [7, 11) is 0. The Kier molecular flexibility index (Phi) is 4.29. The maximum absolute atomic E-state index is 5.88. The predicted molar refractivity (Wildman–Crippen MR) is 83.6 cm³/mol. The van der Waals surface area contributed by atoms with Crippen molar-refractivity contribution in [2.45, 2.75) is 25.4 Å². The molecule has 0 aromatic heterocycles. The molecule has 1 atom stereocenters. The van der Waals surface area contributed by atoms with Crippen LogP contribution in [0.4, 0.5) is 0 Å². The molecule has 1 heterocycles. The second-order valence-electron chi connectivity index (χ2n) is 5.22. The lowest BCUT2D eigenvalue weighted by molar-refractivity contribution is 0.0469. The summed E-state index contributed by atoms with van der Waals surface area (Å²) in [5, 5.41) is 0. The molecular weight excluding hydrogens is 244 g/mol. The van der Waals surface area contributed by atoms with Gasteiger partial charge >= 0.3 is 0 Å². The highest BCUT2D eigenvalue weighted by Gasteiger charge is 2.14. The molecule has 3 rings (SSSR count). The number of hydrogen-bond acceptors (Lipinski definition) is 1. The Morgan fingerprint density at radius 2 is 1.45 bits per heavy atom. The smallest absolute Gasteiger partial charge is 0.0765 e. The van der Waals surface area contributed by atoms with E-state index in [-0.39, 0.29) is 6.10 Å². The lowest BCUT2D eigenvalue weighted by Gasteiger charge is -2.21. The summed E-state index contributed by atoms with van der Waals surface area (Å²) in [5.74, 6) is 0. The molecule has 1 unspecified atom stereocenters. The van der Waals surface area contributed by atoms with Crippen molar-refractivity contribution in [3.63, 3.8) is 0 Å². The Morgan fingerprint density at radius 1 is 0.850 bits per heavy atom. The van der Waals surface area contributed by atoms with Crippen molar-refractivity contribution >= 4 is 5.57 Å². The van der Waals surface area contributed by atoms with E-state index in [9.17, 15) is 0 Å². The first-order valence-corrected chi connectivity index (χ1v) is 7.38. The van der Waals surface area contributed by atoms with Gasteiger partial charge in [0.05, 0.1) is 6.10 Å². The highest BCUT2D eigenvalue weighted by atomic mass is 16.5. The second kappa shape index (κ2) is 6.53. The molecule has 0 aliphatic carbocycles. The van der Waals surface area contributed by atoms with Gasteiger partial charge in [0.2, 0.25) is 0 Å². The van der Waals surface area contributed by atoms with Crippen molar-refractivity contribution < 1.29 is 4.74 Å². The van der Waals surface area contributed by atoms with Crippen LogP contribution in [0.15, 0.2) is 66.7 Å². The third-order valence-corrected chi connectivity index (χ3v) is 3.74. The number of hydrogen-bond donors (Lipinski definition) is 0. The molecule has 0 amide bonds. The summed E-state index contributed by atoms with van der Waals surface area (Å²) in [5.41, 5.74) is 3.79. The SMILES string of the molecule is C(=C(c1ccccc1)c1ccccc1)C1CCCCO1. The Hall–Kier alpha value is -1.86. The van der Waals surface area contributed by atoms with Crippen LogP contribution < -0.4 is 0 Å². The van der Waals surface area contributed by atoms with Crippen molar-refractivity contribution in [3.8, 4) is 0 Å².